The zero-order valence-electron chi connectivity index (χ0n) is 14.5. The number of primary amides is 1. The second kappa shape index (κ2) is 7.21. The summed E-state index contributed by atoms with van der Waals surface area (Å²) in [5.74, 6) is -1.04. The molecule has 4 N–H and O–H groups in total. The van der Waals surface area contributed by atoms with Gasteiger partial charge in [-0.25, -0.2) is 4.39 Å². The van der Waals surface area contributed by atoms with E-state index < -0.39 is 11.9 Å². The molecule has 3 rings (SSSR count). The Morgan fingerprint density at radius 3 is 2.54 bits per heavy atom. The second-order valence-electron chi connectivity index (χ2n) is 6.65. The van der Waals surface area contributed by atoms with Crippen molar-refractivity contribution in [1.82, 2.24) is 10.3 Å². The molecular formula is C19H21FN4O2. The molecule has 1 unspecified atom stereocenters. The van der Waals surface area contributed by atoms with Crippen molar-refractivity contribution in [2.24, 2.45) is 5.73 Å². The first-order valence-electron chi connectivity index (χ1n) is 8.46. The molecule has 26 heavy (non-hydrogen) atoms. The number of benzene rings is 1. The number of halogens is 1. The summed E-state index contributed by atoms with van der Waals surface area (Å²) < 4.78 is 14.0. The van der Waals surface area contributed by atoms with Gasteiger partial charge >= 0.3 is 0 Å². The third-order valence-corrected chi connectivity index (χ3v) is 4.69. The summed E-state index contributed by atoms with van der Waals surface area (Å²) in [7, 11) is 0. The van der Waals surface area contributed by atoms with Crippen molar-refractivity contribution in [3.8, 4) is 0 Å². The molecule has 1 atom stereocenters. The molecule has 0 saturated heterocycles. The van der Waals surface area contributed by atoms with Gasteiger partial charge < -0.3 is 16.4 Å². The summed E-state index contributed by atoms with van der Waals surface area (Å²) in [6.07, 6.45) is 3.28. The highest BCUT2D eigenvalue weighted by molar-refractivity contribution is 5.96. The minimum Gasteiger partial charge on any atom is -0.366 e. The first kappa shape index (κ1) is 18.0. The number of nitrogens with one attached hydrogen (secondary N) is 2. The molecule has 1 aliphatic carbocycles. The molecule has 1 aliphatic rings. The predicted octanol–water partition coefficient (Wildman–Crippen LogP) is 1.97. The lowest BCUT2D eigenvalue weighted by atomic mass is 10.0. The van der Waals surface area contributed by atoms with Crippen LogP contribution < -0.4 is 16.4 Å². The molecule has 1 fully saturated rings. The highest BCUT2D eigenvalue weighted by Gasteiger charge is 2.47. The number of carbonyl (C=O) groups excluding carboxylic acids is 2. The van der Waals surface area contributed by atoms with E-state index in [1.165, 1.54) is 6.07 Å². The molecule has 2 amide bonds. The average Bonchev–Trinajstić information content (AvgIpc) is 3.41. The van der Waals surface area contributed by atoms with Crippen LogP contribution in [-0.4, -0.2) is 29.4 Å². The van der Waals surface area contributed by atoms with Crippen LogP contribution in [-0.2, 0) is 10.2 Å². The molecule has 1 aromatic carbocycles. The Bertz CT molecular complexity index is 819. The molecule has 0 aliphatic heterocycles. The van der Waals surface area contributed by atoms with Crippen molar-refractivity contribution in [2.45, 2.75) is 31.2 Å². The Kier molecular flexibility index (Phi) is 4.99. The monoisotopic (exact) mass is 356 g/mol. The normalized spacial score (nSPS) is 15.9. The van der Waals surface area contributed by atoms with Crippen LogP contribution in [0.2, 0.25) is 0 Å². The van der Waals surface area contributed by atoms with Crippen molar-refractivity contribution in [3.63, 3.8) is 0 Å². The molecule has 136 valence electrons. The number of pyridine rings is 1. The van der Waals surface area contributed by atoms with Crippen LogP contribution in [0.3, 0.4) is 0 Å². The number of hydrogen-bond donors (Lipinski definition) is 3. The lowest BCUT2D eigenvalue weighted by molar-refractivity contribution is -0.117. The van der Waals surface area contributed by atoms with Crippen molar-refractivity contribution >= 4 is 17.5 Å². The van der Waals surface area contributed by atoms with Gasteiger partial charge in [-0.15, -0.1) is 0 Å². The summed E-state index contributed by atoms with van der Waals surface area (Å²) in [4.78, 5) is 27.6. The van der Waals surface area contributed by atoms with Gasteiger partial charge in [0.15, 0.2) is 0 Å². The Hall–Kier alpha value is -2.80. The van der Waals surface area contributed by atoms with Gasteiger partial charge in [0, 0.05) is 29.4 Å². The van der Waals surface area contributed by atoms with Crippen LogP contribution in [0.15, 0.2) is 42.6 Å². The second-order valence-corrected chi connectivity index (χ2v) is 6.65. The van der Waals surface area contributed by atoms with E-state index in [0.29, 0.717) is 23.5 Å². The lowest BCUT2D eigenvalue weighted by Gasteiger charge is -2.20. The van der Waals surface area contributed by atoms with Gasteiger partial charge in [-0.1, -0.05) is 0 Å². The van der Waals surface area contributed by atoms with Crippen LogP contribution in [0, 0.1) is 5.82 Å². The topological polar surface area (TPSA) is 97.1 Å². The maximum atomic E-state index is 14.0. The molecule has 1 saturated carbocycles. The van der Waals surface area contributed by atoms with E-state index in [0.717, 1.165) is 12.8 Å². The fourth-order valence-electron chi connectivity index (χ4n) is 2.83. The average molecular weight is 356 g/mol. The van der Waals surface area contributed by atoms with E-state index in [9.17, 15) is 14.0 Å². The van der Waals surface area contributed by atoms with Gasteiger partial charge in [0.2, 0.25) is 11.8 Å². The number of carbonyl (C=O) groups is 2. The number of nitrogens with two attached hydrogens (primary N) is 1. The fraction of sp³-hybridized carbons (Fsp3) is 0.316. The standard InChI is InChI=1S/C19H21FN4O2/c1-12(18(26)24-14-6-4-13(5-7-14)17(21)25)23-11-19(8-9-19)16-15(20)3-2-10-22-16/h2-7,10,12,23H,8-9,11H2,1H3,(H2,21,25)(H,24,26). The quantitative estimate of drug-likeness (QED) is 0.706. The molecule has 0 spiro atoms. The highest BCUT2D eigenvalue weighted by atomic mass is 19.1. The summed E-state index contributed by atoms with van der Waals surface area (Å²) in [6, 6.07) is 8.87. The zero-order valence-corrected chi connectivity index (χ0v) is 14.5. The Morgan fingerprint density at radius 2 is 1.96 bits per heavy atom. The van der Waals surface area contributed by atoms with E-state index in [4.69, 9.17) is 5.73 Å². The number of aromatic nitrogens is 1. The predicted molar refractivity (Wildman–Crippen MR) is 96.2 cm³/mol. The zero-order chi connectivity index (χ0) is 18.7. The maximum absolute atomic E-state index is 14.0. The first-order valence-corrected chi connectivity index (χ1v) is 8.46. The van der Waals surface area contributed by atoms with Crippen molar-refractivity contribution in [2.75, 3.05) is 11.9 Å². The minimum absolute atomic E-state index is 0.214. The number of nitrogens with zero attached hydrogens (tertiary/aromatic N) is 1. The fourth-order valence-corrected chi connectivity index (χ4v) is 2.83. The van der Waals surface area contributed by atoms with Gasteiger partial charge in [-0.2, -0.15) is 0 Å². The van der Waals surface area contributed by atoms with Crippen molar-refractivity contribution in [1.29, 1.82) is 0 Å². The van der Waals surface area contributed by atoms with Crippen molar-refractivity contribution < 1.29 is 14.0 Å². The molecule has 2 aromatic rings. The number of rotatable bonds is 7. The van der Waals surface area contributed by atoms with Gasteiger partial charge in [0.1, 0.15) is 5.82 Å². The third-order valence-electron chi connectivity index (χ3n) is 4.69. The van der Waals surface area contributed by atoms with Crippen molar-refractivity contribution in [3.05, 3.63) is 59.7 Å². The minimum atomic E-state index is -0.519. The third kappa shape index (κ3) is 3.88. The molecule has 0 radical (unpaired) electrons. The van der Waals surface area contributed by atoms with Gasteiger partial charge in [0.05, 0.1) is 11.7 Å². The summed E-state index contributed by atoms with van der Waals surface area (Å²) >= 11 is 0. The number of amides is 2. The molecule has 6 nitrogen and oxygen atoms in total. The van der Waals surface area contributed by atoms with Crippen LogP contribution in [0.5, 0.6) is 0 Å². The molecular weight excluding hydrogens is 335 g/mol. The molecule has 7 heteroatoms. The summed E-state index contributed by atoms with van der Waals surface area (Å²) in [6.45, 7) is 2.23. The van der Waals surface area contributed by atoms with Crippen LogP contribution >= 0.6 is 0 Å². The number of anilines is 1. The Balaban J connectivity index is 1.56. The van der Waals surface area contributed by atoms with E-state index >= 15 is 0 Å². The summed E-state index contributed by atoms with van der Waals surface area (Å²) in [5.41, 5.74) is 6.27. The van der Waals surface area contributed by atoms with E-state index in [2.05, 4.69) is 15.6 Å². The maximum Gasteiger partial charge on any atom is 0.248 e. The van der Waals surface area contributed by atoms with Crippen LogP contribution in [0.1, 0.15) is 35.8 Å². The van der Waals surface area contributed by atoms with Gasteiger partial charge in [-0.05, 0) is 56.2 Å². The Labute approximate surface area is 151 Å². The lowest BCUT2D eigenvalue weighted by Crippen LogP contribution is -2.42. The molecule has 1 aromatic heterocycles. The van der Waals surface area contributed by atoms with E-state index in [-0.39, 0.29) is 17.1 Å². The molecule has 1 heterocycles. The van der Waals surface area contributed by atoms with E-state index in [1.54, 1.807) is 43.5 Å². The van der Waals surface area contributed by atoms with Crippen LogP contribution in [0.25, 0.3) is 0 Å². The SMILES string of the molecule is CC(NCC1(c2ncccc2F)CC1)C(=O)Nc1ccc(C(N)=O)cc1. The smallest absolute Gasteiger partial charge is 0.248 e. The van der Waals surface area contributed by atoms with Gasteiger partial charge in [-0.3, -0.25) is 14.6 Å². The van der Waals surface area contributed by atoms with Gasteiger partial charge in [0.25, 0.3) is 0 Å². The Morgan fingerprint density at radius 1 is 1.27 bits per heavy atom. The summed E-state index contributed by atoms with van der Waals surface area (Å²) in [5, 5.41) is 5.94. The number of hydrogen-bond acceptors (Lipinski definition) is 4. The largest absolute Gasteiger partial charge is 0.366 e. The highest BCUT2D eigenvalue weighted by Crippen LogP contribution is 2.47. The molecule has 0 bridgehead atoms. The van der Waals surface area contributed by atoms with Crippen LogP contribution in [0.4, 0.5) is 10.1 Å². The van der Waals surface area contributed by atoms with E-state index in [1.807, 2.05) is 0 Å². The first-order chi connectivity index (χ1) is 12.4.